The van der Waals surface area contributed by atoms with E-state index in [9.17, 15) is 8.42 Å². The van der Waals surface area contributed by atoms with Crippen LogP contribution in [0.15, 0.2) is 53.4 Å². The lowest BCUT2D eigenvalue weighted by molar-refractivity contribution is 0.301. The van der Waals surface area contributed by atoms with Crippen LogP contribution in [0, 0.1) is 6.92 Å². The van der Waals surface area contributed by atoms with Crippen molar-refractivity contribution < 1.29 is 13.2 Å². The molecule has 5 heteroatoms. The van der Waals surface area contributed by atoms with Gasteiger partial charge in [-0.05, 0) is 36.6 Å². The van der Waals surface area contributed by atoms with E-state index in [-0.39, 0.29) is 11.8 Å². The molecule has 0 bridgehead atoms. The third kappa shape index (κ3) is 3.57. The monoisotopic (exact) mass is 331 g/mol. The molecular formula is C18H21NO3S. The lowest BCUT2D eigenvalue weighted by Gasteiger charge is -2.26. The van der Waals surface area contributed by atoms with Gasteiger partial charge < -0.3 is 10.1 Å². The Morgan fingerprint density at radius 2 is 1.87 bits per heavy atom. The fourth-order valence-corrected chi connectivity index (χ4v) is 4.54. The van der Waals surface area contributed by atoms with Crippen molar-refractivity contribution in [3.8, 4) is 5.75 Å². The van der Waals surface area contributed by atoms with Crippen LogP contribution in [-0.4, -0.2) is 27.3 Å². The zero-order valence-electron chi connectivity index (χ0n) is 13.2. The fourth-order valence-electron chi connectivity index (χ4n) is 2.91. The van der Waals surface area contributed by atoms with Crippen LogP contribution in [0.5, 0.6) is 5.75 Å². The molecular weight excluding hydrogens is 310 g/mol. The molecule has 1 heterocycles. The smallest absolute Gasteiger partial charge is 0.178 e. The Morgan fingerprint density at radius 3 is 2.70 bits per heavy atom. The number of nitrogens with one attached hydrogen (secondary N) is 1. The molecule has 0 unspecified atom stereocenters. The second-order valence-electron chi connectivity index (χ2n) is 5.77. The van der Waals surface area contributed by atoms with Gasteiger partial charge in [0.15, 0.2) is 9.84 Å². The van der Waals surface area contributed by atoms with Gasteiger partial charge >= 0.3 is 0 Å². The van der Waals surface area contributed by atoms with Crippen molar-refractivity contribution in [1.82, 2.24) is 5.32 Å². The number of sulfone groups is 1. The van der Waals surface area contributed by atoms with Crippen LogP contribution in [0.2, 0.25) is 0 Å². The second kappa shape index (κ2) is 6.72. The van der Waals surface area contributed by atoms with Gasteiger partial charge in [0.05, 0.1) is 10.6 Å². The van der Waals surface area contributed by atoms with Gasteiger partial charge in [0.2, 0.25) is 0 Å². The van der Waals surface area contributed by atoms with Crippen LogP contribution < -0.4 is 10.1 Å². The summed E-state index contributed by atoms with van der Waals surface area (Å²) in [6, 6.07) is 15.2. The summed E-state index contributed by atoms with van der Waals surface area (Å²) in [4.78, 5) is 0.462. The number of benzene rings is 2. The van der Waals surface area contributed by atoms with E-state index in [1.807, 2.05) is 43.3 Å². The highest BCUT2D eigenvalue weighted by Gasteiger charge is 2.29. The molecule has 0 saturated carbocycles. The number of ether oxygens (including phenoxy) is 1. The average Bonchev–Trinajstić information content (AvgIpc) is 2.55. The molecule has 0 fully saturated rings. The van der Waals surface area contributed by atoms with E-state index in [1.165, 1.54) is 0 Å². The van der Waals surface area contributed by atoms with Crippen LogP contribution in [-0.2, 0) is 9.84 Å². The predicted molar refractivity (Wildman–Crippen MR) is 90.5 cm³/mol. The largest absolute Gasteiger partial charge is 0.492 e. The fraction of sp³-hybridized carbons (Fsp3) is 0.333. The van der Waals surface area contributed by atoms with Gasteiger partial charge in [-0.1, -0.05) is 36.4 Å². The SMILES string of the molecule is Cc1ccccc1OCCN[C@@H]1CCS(=O)(=O)c2ccccc21. The van der Waals surface area contributed by atoms with Crippen molar-refractivity contribution >= 4 is 9.84 Å². The summed E-state index contributed by atoms with van der Waals surface area (Å²) in [5.74, 6) is 1.08. The predicted octanol–water partition coefficient (Wildman–Crippen LogP) is 2.88. The molecule has 2 aromatic rings. The second-order valence-corrected chi connectivity index (χ2v) is 7.84. The summed E-state index contributed by atoms with van der Waals surface area (Å²) in [5, 5.41) is 3.42. The van der Waals surface area contributed by atoms with E-state index in [2.05, 4.69) is 5.32 Å². The molecule has 0 saturated heterocycles. The summed E-state index contributed by atoms with van der Waals surface area (Å²) < 4.78 is 30.0. The first-order chi connectivity index (χ1) is 11.1. The van der Waals surface area contributed by atoms with E-state index < -0.39 is 9.84 Å². The zero-order chi connectivity index (χ0) is 16.3. The van der Waals surface area contributed by atoms with E-state index in [0.717, 1.165) is 16.9 Å². The molecule has 0 spiro atoms. The van der Waals surface area contributed by atoms with Crippen molar-refractivity contribution in [3.05, 3.63) is 59.7 Å². The van der Waals surface area contributed by atoms with Crippen LogP contribution >= 0.6 is 0 Å². The van der Waals surface area contributed by atoms with Gasteiger partial charge in [-0.2, -0.15) is 0 Å². The van der Waals surface area contributed by atoms with Crippen LogP contribution in [0.25, 0.3) is 0 Å². The summed E-state index contributed by atoms with van der Waals surface area (Å²) in [6.07, 6.45) is 0.601. The number of aryl methyl sites for hydroxylation is 1. The third-order valence-corrected chi connectivity index (χ3v) is 5.96. The maximum atomic E-state index is 12.1. The molecule has 1 aliphatic heterocycles. The minimum atomic E-state index is -3.13. The van der Waals surface area contributed by atoms with Gasteiger partial charge in [-0.15, -0.1) is 0 Å². The lowest BCUT2D eigenvalue weighted by atomic mass is 10.0. The first-order valence-corrected chi connectivity index (χ1v) is 9.47. The number of fused-ring (bicyclic) bond motifs is 1. The summed E-state index contributed by atoms with van der Waals surface area (Å²) in [6.45, 7) is 3.24. The maximum absolute atomic E-state index is 12.1. The standard InChI is InChI=1S/C18H21NO3S/c1-14-6-2-4-8-17(14)22-12-11-19-16-10-13-23(20,21)18-9-5-3-7-15(16)18/h2-9,16,19H,10-13H2,1H3/t16-/m1/s1. The molecule has 3 rings (SSSR count). The van der Waals surface area contributed by atoms with E-state index in [4.69, 9.17) is 4.74 Å². The summed E-state index contributed by atoms with van der Waals surface area (Å²) in [5.41, 5.74) is 1.98. The highest BCUT2D eigenvalue weighted by molar-refractivity contribution is 7.91. The molecule has 2 aromatic carbocycles. The molecule has 0 radical (unpaired) electrons. The topological polar surface area (TPSA) is 55.4 Å². The lowest BCUT2D eigenvalue weighted by Crippen LogP contribution is -2.32. The van der Waals surface area contributed by atoms with Crippen LogP contribution in [0.3, 0.4) is 0 Å². The van der Waals surface area contributed by atoms with Crippen molar-refractivity contribution in [3.63, 3.8) is 0 Å². The number of rotatable bonds is 5. The minimum absolute atomic E-state index is 0.0650. The first kappa shape index (κ1) is 16.0. The van der Waals surface area contributed by atoms with Crippen molar-refractivity contribution in [2.75, 3.05) is 18.9 Å². The highest BCUT2D eigenvalue weighted by Crippen LogP contribution is 2.31. The van der Waals surface area contributed by atoms with E-state index >= 15 is 0 Å². The molecule has 122 valence electrons. The molecule has 0 amide bonds. The highest BCUT2D eigenvalue weighted by atomic mass is 32.2. The van der Waals surface area contributed by atoms with Gasteiger partial charge in [0.25, 0.3) is 0 Å². The molecule has 0 aliphatic carbocycles. The van der Waals surface area contributed by atoms with Gasteiger partial charge in [0.1, 0.15) is 12.4 Å². The Morgan fingerprint density at radius 1 is 1.13 bits per heavy atom. The molecule has 1 aliphatic rings. The quantitative estimate of drug-likeness (QED) is 0.856. The van der Waals surface area contributed by atoms with Gasteiger partial charge in [-0.3, -0.25) is 0 Å². The summed E-state index contributed by atoms with van der Waals surface area (Å²) in [7, 11) is -3.13. The van der Waals surface area contributed by atoms with E-state index in [1.54, 1.807) is 12.1 Å². The molecule has 4 nitrogen and oxygen atoms in total. The molecule has 1 atom stereocenters. The summed E-state index contributed by atoms with van der Waals surface area (Å²) >= 11 is 0. The maximum Gasteiger partial charge on any atom is 0.178 e. The Balaban J connectivity index is 1.60. The number of para-hydroxylation sites is 1. The van der Waals surface area contributed by atoms with Crippen molar-refractivity contribution in [2.45, 2.75) is 24.3 Å². The van der Waals surface area contributed by atoms with Gasteiger partial charge in [0, 0.05) is 12.6 Å². The van der Waals surface area contributed by atoms with Crippen molar-refractivity contribution in [2.24, 2.45) is 0 Å². The van der Waals surface area contributed by atoms with E-state index in [0.29, 0.717) is 24.5 Å². The first-order valence-electron chi connectivity index (χ1n) is 7.81. The zero-order valence-corrected chi connectivity index (χ0v) is 14.0. The molecule has 1 N–H and O–H groups in total. The Hall–Kier alpha value is -1.85. The van der Waals surface area contributed by atoms with Crippen molar-refractivity contribution in [1.29, 1.82) is 0 Å². The Kier molecular flexibility index (Phi) is 4.68. The molecule has 23 heavy (non-hydrogen) atoms. The molecule has 0 aromatic heterocycles. The Bertz CT molecular complexity index is 786. The average molecular weight is 331 g/mol. The van der Waals surface area contributed by atoms with Gasteiger partial charge in [-0.25, -0.2) is 8.42 Å². The third-order valence-electron chi connectivity index (χ3n) is 4.15. The normalized spacial score (nSPS) is 19.1. The van der Waals surface area contributed by atoms with Crippen LogP contribution in [0.4, 0.5) is 0 Å². The minimum Gasteiger partial charge on any atom is -0.492 e. The number of hydrogen-bond donors (Lipinski definition) is 1. The number of hydrogen-bond acceptors (Lipinski definition) is 4. The van der Waals surface area contributed by atoms with Crippen LogP contribution in [0.1, 0.15) is 23.6 Å². The Labute approximate surface area is 137 Å².